The van der Waals surface area contributed by atoms with E-state index in [1.807, 2.05) is 0 Å². The highest BCUT2D eigenvalue weighted by atomic mass is 79.9. The van der Waals surface area contributed by atoms with Crippen molar-refractivity contribution in [1.29, 1.82) is 0 Å². The third kappa shape index (κ3) is 6.28. The summed E-state index contributed by atoms with van der Waals surface area (Å²) < 4.78 is 9.70. The van der Waals surface area contributed by atoms with E-state index in [0.29, 0.717) is 5.57 Å². The van der Waals surface area contributed by atoms with Crippen LogP contribution in [0.4, 0.5) is 0 Å². The van der Waals surface area contributed by atoms with Crippen molar-refractivity contribution in [2.75, 3.05) is 6.61 Å². The van der Waals surface area contributed by atoms with Crippen LogP contribution in [0.15, 0.2) is 12.2 Å². The number of hydrogen-bond donors (Lipinski definition) is 0. The highest BCUT2D eigenvalue weighted by molar-refractivity contribution is 9.09. The summed E-state index contributed by atoms with van der Waals surface area (Å²) in [7, 11) is 0. The normalized spacial score (nSPS) is 12.1. The van der Waals surface area contributed by atoms with Crippen molar-refractivity contribution in [1.82, 2.24) is 0 Å². The standard InChI is InChI=1S/C10H15BrO4/c1-6(2)9(12)14-5-8(11)15-10(13)7(3)4/h7-8H,1,5H2,2-4H3. The van der Waals surface area contributed by atoms with Gasteiger partial charge in [-0.3, -0.25) is 4.79 Å². The second-order valence-corrected chi connectivity index (χ2v) is 4.40. The van der Waals surface area contributed by atoms with Crippen molar-refractivity contribution in [3.05, 3.63) is 12.2 Å². The zero-order valence-corrected chi connectivity index (χ0v) is 10.7. The summed E-state index contributed by atoms with van der Waals surface area (Å²) in [6, 6.07) is 0. The van der Waals surface area contributed by atoms with Crippen LogP contribution in [-0.2, 0) is 19.1 Å². The number of ether oxygens (including phenoxy) is 2. The van der Waals surface area contributed by atoms with E-state index in [4.69, 9.17) is 9.47 Å². The van der Waals surface area contributed by atoms with E-state index >= 15 is 0 Å². The molecule has 0 aromatic heterocycles. The smallest absolute Gasteiger partial charge is 0.333 e. The van der Waals surface area contributed by atoms with Crippen LogP contribution in [0.3, 0.4) is 0 Å². The highest BCUT2D eigenvalue weighted by Gasteiger charge is 2.16. The third-order valence-corrected chi connectivity index (χ3v) is 1.86. The SMILES string of the molecule is C=C(C)C(=O)OCC(Br)OC(=O)C(C)C. The summed E-state index contributed by atoms with van der Waals surface area (Å²) in [5.41, 5.74) is 0.310. The predicted molar refractivity (Wildman–Crippen MR) is 59.4 cm³/mol. The maximum atomic E-state index is 11.1. The molecular formula is C10H15BrO4. The number of rotatable bonds is 5. The van der Waals surface area contributed by atoms with Crippen LogP contribution in [0.1, 0.15) is 20.8 Å². The van der Waals surface area contributed by atoms with E-state index in [1.165, 1.54) is 0 Å². The van der Waals surface area contributed by atoms with Gasteiger partial charge in [-0.05, 0) is 22.9 Å². The molecule has 0 amide bonds. The van der Waals surface area contributed by atoms with Crippen molar-refractivity contribution >= 4 is 27.9 Å². The zero-order valence-electron chi connectivity index (χ0n) is 9.08. The molecule has 0 radical (unpaired) electrons. The van der Waals surface area contributed by atoms with Gasteiger partial charge < -0.3 is 9.47 Å². The molecule has 5 heteroatoms. The van der Waals surface area contributed by atoms with E-state index < -0.39 is 11.0 Å². The summed E-state index contributed by atoms with van der Waals surface area (Å²) in [5.74, 6) is -1.05. The Morgan fingerprint density at radius 1 is 1.40 bits per heavy atom. The van der Waals surface area contributed by atoms with Crippen LogP contribution in [0.25, 0.3) is 0 Å². The number of halogens is 1. The topological polar surface area (TPSA) is 52.6 Å². The number of hydrogen-bond acceptors (Lipinski definition) is 4. The lowest BCUT2D eigenvalue weighted by Crippen LogP contribution is -2.22. The summed E-state index contributed by atoms with van der Waals surface area (Å²) >= 11 is 3.07. The molecule has 0 aliphatic rings. The maximum Gasteiger partial charge on any atom is 0.333 e. The van der Waals surface area contributed by atoms with Crippen LogP contribution in [0.5, 0.6) is 0 Å². The summed E-state index contributed by atoms with van der Waals surface area (Å²) in [4.78, 5) is 22.1. The summed E-state index contributed by atoms with van der Waals surface area (Å²) in [6.45, 7) is 8.40. The quantitative estimate of drug-likeness (QED) is 0.439. The van der Waals surface area contributed by atoms with Crippen LogP contribution in [0.2, 0.25) is 0 Å². The molecule has 86 valence electrons. The number of carbonyl (C=O) groups excluding carboxylic acids is 2. The largest absolute Gasteiger partial charge is 0.457 e. The van der Waals surface area contributed by atoms with Gasteiger partial charge in [0.15, 0.2) is 5.01 Å². The van der Waals surface area contributed by atoms with Crippen LogP contribution >= 0.6 is 15.9 Å². The van der Waals surface area contributed by atoms with Gasteiger partial charge in [0, 0.05) is 5.57 Å². The Hall–Kier alpha value is -0.840. The first kappa shape index (κ1) is 14.2. The lowest BCUT2D eigenvalue weighted by Gasteiger charge is -2.13. The molecule has 0 N–H and O–H groups in total. The van der Waals surface area contributed by atoms with Crippen LogP contribution in [-0.4, -0.2) is 23.6 Å². The van der Waals surface area contributed by atoms with Gasteiger partial charge in [0.2, 0.25) is 0 Å². The van der Waals surface area contributed by atoms with Crippen molar-refractivity contribution in [3.63, 3.8) is 0 Å². The van der Waals surface area contributed by atoms with Crippen molar-refractivity contribution < 1.29 is 19.1 Å². The lowest BCUT2D eigenvalue weighted by atomic mass is 10.2. The average Bonchev–Trinajstić information content (AvgIpc) is 2.13. The maximum absolute atomic E-state index is 11.1. The molecule has 0 aromatic rings. The van der Waals surface area contributed by atoms with E-state index in [1.54, 1.807) is 20.8 Å². The second-order valence-electron chi connectivity index (χ2n) is 3.38. The Kier molecular flexibility index (Phi) is 6.24. The van der Waals surface area contributed by atoms with E-state index in [9.17, 15) is 9.59 Å². The summed E-state index contributed by atoms with van der Waals surface area (Å²) in [6.07, 6.45) is 0. The molecule has 0 aromatic carbocycles. The minimum Gasteiger partial charge on any atom is -0.457 e. The first-order valence-electron chi connectivity index (χ1n) is 4.51. The molecule has 1 unspecified atom stereocenters. The summed E-state index contributed by atoms with van der Waals surface area (Å²) in [5, 5.41) is -0.615. The molecule has 15 heavy (non-hydrogen) atoms. The zero-order chi connectivity index (χ0) is 12.0. The van der Waals surface area contributed by atoms with Gasteiger partial charge in [-0.25, -0.2) is 4.79 Å². The molecule has 0 aliphatic heterocycles. The molecule has 0 rings (SSSR count). The Bertz CT molecular complexity index is 260. The van der Waals surface area contributed by atoms with Crippen molar-refractivity contribution in [2.24, 2.45) is 5.92 Å². The monoisotopic (exact) mass is 278 g/mol. The Labute approximate surface area is 97.8 Å². The van der Waals surface area contributed by atoms with Gasteiger partial charge in [0.05, 0.1) is 5.92 Å². The molecule has 1 atom stereocenters. The second kappa shape index (κ2) is 6.61. The first-order chi connectivity index (χ1) is 6.84. The molecule has 0 bridgehead atoms. The van der Waals surface area contributed by atoms with Gasteiger partial charge in [-0.1, -0.05) is 20.4 Å². The minimum absolute atomic E-state index is 0.0237. The van der Waals surface area contributed by atoms with Crippen molar-refractivity contribution in [3.8, 4) is 0 Å². The number of alkyl halides is 1. The molecule has 0 saturated heterocycles. The fourth-order valence-electron chi connectivity index (χ4n) is 0.561. The van der Waals surface area contributed by atoms with Gasteiger partial charge >= 0.3 is 11.9 Å². The van der Waals surface area contributed by atoms with E-state index in [-0.39, 0.29) is 18.5 Å². The van der Waals surface area contributed by atoms with Gasteiger partial charge in [0.1, 0.15) is 6.61 Å². The molecule has 0 heterocycles. The Balaban J connectivity index is 3.85. The molecule has 0 fully saturated rings. The molecule has 0 spiro atoms. The average molecular weight is 279 g/mol. The number of carbonyl (C=O) groups is 2. The van der Waals surface area contributed by atoms with Gasteiger partial charge in [0.25, 0.3) is 0 Å². The van der Waals surface area contributed by atoms with Gasteiger partial charge in [-0.15, -0.1) is 0 Å². The molecule has 0 aliphatic carbocycles. The number of esters is 2. The Morgan fingerprint density at radius 3 is 2.33 bits per heavy atom. The van der Waals surface area contributed by atoms with Crippen LogP contribution < -0.4 is 0 Å². The molecule has 4 nitrogen and oxygen atoms in total. The molecule has 0 saturated carbocycles. The third-order valence-electron chi connectivity index (χ3n) is 1.41. The first-order valence-corrected chi connectivity index (χ1v) is 5.43. The minimum atomic E-state index is -0.615. The highest BCUT2D eigenvalue weighted by Crippen LogP contribution is 2.08. The Morgan fingerprint density at radius 2 is 1.93 bits per heavy atom. The van der Waals surface area contributed by atoms with Crippen molar-refractivity contribution in [2.45, 2.75) is 25.8 Å². The van der Waals surface area contributed by atoms with Crippen LogP contribution in [0, 0.1) is 5.92 Å². The van der Waals surface area contributed by atoms with Gasteiger partial charge in [-0.2, -0.15) is 0 Å². The predicted octanol–water partition coefficient (Wildman–Crippen LogP) is 2.03. The molecular weight excluding hydrogens is 264 g/mol. The van der Waals surface area contributed by atoms with E-state index in [2.05, 4.69) is 22.5 Å². The lowest BCUT2D eigenvalue weighted by molar-refractivity contribution is -0.154. The van der Waals surface area contributed by atoms with E-state index in [0.717, 1.165) is 0 Å². The fourth-order valence-corrected chi connectivity index (χ4v) is 0.877. The fraction of sp³-hybridized carbons (Fsp3) is 0.600.